The van der Waals surface area contributed by atoms with Crippen LogP contribution in [0.3, 0.4) is 0 Å². The molecule has 1 aromatic rings. The van der Waals surface area contributed by atoms with E-state index in [1.54, 1.807) is 6.07 Å². The smallest absolute Gasteiger partial charge is 0.224 e. The lowest BCUT2D eigenvalue weighted by molar-refractivity contribution is -0.120. The molecule has 1 aromatic carbocycles. The molecule has 3 heteroatoms. The average molecular weight is 212 g/mol. The minimum absolute atomic E-state index is 0.0501. The molecule has 1 rings (SSSR count). The molecule has 0 aliphatic carbocycles. The van der Waals surface area contributed by atoms with Crippen LogP contribution in [0.25, 0.3) is 0 Å². The Morgan fingerprint density at radius 1 is 1.50 bits per heavy atom. The van der Waals surface area contributed by atoms with Gasteiger partial charge in [0, 0.05) is 11.6 Å². The predicted molar refractivity (Wildman–Crippen MR) is 58.5 cm³/mol. The van der Waals surface area contributed by atoms with Crippen molar-refractivity contribution >= 4 is 17.5 Å². The fourth-order valence-corrected chi connectivity index (χ4v) is 1.37. The van der Waals surface area contributed by atoms with Crippen LogP contribution in [0.4, 0.5) is 0 Å². The molecule has 0 saturated carbocycles. The summed E-state index contributed by atoms with van der Waals surface area (Å²) < 4.78 is 0. The fourth-order valence-electron chi connectivity index (χ4n) is 1.16. The highest BCUT2D eigenvalue weighted by Gasteiger charge is 2.01. The summed E-state index contributed by atoms with van der Waals surface area (Å²) >= 11 is 5.80. The molecule has 0 unspecified atom stereocenters. The van der Waals surface area contributed by atoms with Gasteiger partial charge in [0.05, 0.1) is 6.42 Å². The second-order valence-electron chi connectivity index (χ2n) is 3.16. The van der Waals surface area contributed by atoms with Crippen LogP contribution in [0.2, 0.25) is 5.02 Å². The maximum absolute atomic E-state index is 11.3. The van der Waals surface area contributed by atoms with Gasteiger partial charge in [-0.1, -0.05) is 30.7 Å². The third-order valence-electron chi connectivity index (χ3n) is 1.83. The van der Waals surface area contributed by atoms with Gasteiger partial charge < -0.3 is 5.32 Å². The third kappa shape index (κ3) is 3.79. The van der Waals surface area contributed by atoms with Crippen molar-refractivity contribution in [2.75, 3.05) is 6.54 Å². The van der Waals surface area contributed by atoms with Crippen molar-refractivity contribution in [1.82, 2.24) is 5.32 Å². The third-order valence-corrected chi connectivity index (χ3v) is 2.06. The van der Waals surface area contributed by atoms with Gasteiger partial charge in [0.15, 0.2) is 0 Å². The van der Waals surface area contributed by atoms with E-state index in [1.165, 1.54) is 0 Å². The SMILES string of the molecule is CCCNC(=O)Cc1cccc(Cl)c1. The van der Waals surface area contributed by atoms with E-state index >= 15 is 0 Å². The van der Waals surface area contributed by atoms with Crippen molar-refractivity contribution in [3.05, 3.63) is 34.9 Å². The number of hydrogen-bond acceptors (Lipinski definition) is 1. The van der Waals surface area contributed by atoms with Crippen LogP contribution in [-0.2, 0) is 11.2 Å². The van der Waals surface area contributed by atoms with E-state index in [2.05, 4.69) is 5.32 Å². The van der Waals surface area contributed by atoms with Crippen LogP contribution in [-0.4, -0.2) is 12.5 Å². The van der Waals surface area contributed by atoms with E-state index in [-0.39, 0.29) is 5.91 Å². The van der Waals surface area contributed by atoms with E-state index in [4.69, 9.17) is 11.6 Å². The molecule has 0 radical (unpaired) electrons. The molecule has 0 saturated heterocycles. The first-order chi connectivity index (χ1) is 6.72. The zero-order valence-electron chi connectivity index (χ0n) is 8.22. The van der Waals surface area contributed by atoms with Crippen LogP contribution >= 0.6 is 11.6 Å². The first kappa shape index (κ1) is 11.1. The zero-order valence-corrected chi connectivity index (χ0v) is 8.97. The van der Waals surface area contributed by atoms with Crippen molar-refractivity contribution in [2.24, 2.45) is 0 Å². The molecule has 0 aromatic heterocycles. The Morgan fingerprint density at radius 3 is 2.93 bits per heavy atom. The molecule has 0 heterocycles. The standard InChI is InChI=1S/C11H14ClNO/c1-2-6-13-11(14)8-9-4-3-5-10(12)7-9/h3-5,7H,2,6,8H2,1H3,(H,13,14). The Kier molecular flexibility index (Phi) is 4.47. The molecule has 0 atom stereocenters. The number of amides is 1. The molecular formula is C11H14ClNO. The second kappa shape index (κ2) is 5.66. The summed E-state index contributed by atoms with van der Waals surface area (Å²) in [4.78, 5) is 11.3. The molecule has 14 heavy (non-hydrogen) atoms. The molecule has 0 aliphatic heterocycles. The first-order valence-electron chi connectivity index (χ1n) is 4.73. The van der Waals surface area contributed by atoms with E-state index in [1.807, 2.05) is 25.1 Å². The number of halogens is 1. The fraction of sp³-hybridized carbons (Fsp3) is 0.364. The van der Waals surface area contributed by atoms with Gasteiger partial charge in [-0.2, -0.15) is 0 Å². The highest BCUT2D eigenvalue weighted by molar-refractivity contribution is 6.30. The minimum atomic E-state index is 0.0501. The zero-order chi connectivity index (χ0) is 10.4. The molecule has 0 aliphatic rings. The van der Waals surface area contributed by atoms with Crippen LogP contribution < -0.4 is 5.32 Å². The van der Waals surface area contributed by atoms with Gasteiger partial charge in [-0.15, -0.1) is 0 Å². The second-order valence-corrected chi connectivity index (χ2v) is 3.59. The number of nitrogens with one attached hydrogen (secondary N) is 1. The van der Waals surface area contributed by atoms with Crippen molar-refractivity contribution < 1.29 is 4.79 Å². The Hall–Kier alpha value is -1.02. The molecular weight excluding hydrogens is 198 g/mol. The number of rotatable bonds is 4. The summed E-state index contributed by atoms with van der Waals surface area (Å²) in [7, 11) is 0. The molecule has 0 bridgehead atoms. The van der Waals surface area contributed by atoms with Crippen molar-refractivity contribution in [1.29, 1.82) is 0 Å². The average Bonchev–Trinajstić information content (AvgIpc) is 2.15. The van der Waals surface area contributed by atoms with Crippen molar-refractivity contribution in [2.45, 2.75) is 19.8 Å². The Labute approximate surface area is 89.3 Å². The lowest BCUT2D eigenvalue weighted by atomic mass is 10.1. The Morgan fingerprint density at radius 2 is 2.29 bits per heavy atom. The summed E-state index contributed by atoms with van der Waals surface area (Å²) in [6, 6.07) is 7.37. The molecule has 1 N–H and O–H groups in total. The lowest BCUT2D eigenvalue weighted by Gasteiger charge is -2.03. The minimum Gasteiger partial charge on any atom is -0.356 e. The summed E-state index contributed by atoms with van der Waals surface area (Å²) in [6.07, 6.45) is 1.36. The summed E-state index contributed by atoms with van der Waals surface area (Å²) in [6.45, 7) is 2.76. The maximum Gasteiger partial charge on any atom is 0.224 e. The van der Waals surface area contributed by atoms with Crippen LogP contribution in [0.15, 0.2) is 24.3 Å². The van der Waals surface area contributed by atoms with Gasteiger partial charge in [0.25, 0.3) is 0 Å². The van der Waals surface area contributed by atoms with Gasteiger partial charge in [0.1, 0.15) is 0 Å². The van der Waals surface area contributed by atoms with E-state index < -0.39 is 0 Å². The van der Waals surface area contributed by atoms with Gasteiger partial charge in [-0.25, -0.2) is 0 Å². The van der Waals surface area contributed by atoms with E-state index in [0.29, 0.717) is 11.4 Å². The van der Waals surface area contributed by atoms with Crippen molar-refractivity contribution in [3.8, 4) is 0 Å². The van der Waals surface area contributed by atoms with Crippen LogP contribution in [0.5, 0.6) is 0 Å². The monoisotopic (exact) mass is 211 g/mol. The number of hydrogen-bond donors (Lipinski definition) is 1. The summed E-state index contributed by atoms with van der Waals surface area (Å²) in [5.41, 5.74) is 0.950. The summed E-state index contributed by atoms with van der Waals surface area (Å²) in [5.74, 6) is 0.0501. The highest BCUT2D eigenvalue weighted by atomic mass is 35.5. The van der Waals surface area contributed by atoms with Gasteiger partial charge in [-0.3, -0.25) is 4.79 Å². The van der Waals surface area contributed by atoms with Gasteiger partial charge >= 0.3 is 0 Å². The Balaban J connectivity index is 2.47. The Bertz CT molecular complexity index is 312. The highest BCUT2D eigenvalue weighted by Crippen LogP contribution is 2.10. The number of carbonyl (C=O) groups excluding carboxylic acids is 1. The van der Waals surface area contributed by atoms with Gasteiger partial charge in [0.2, 0.25) is 5.91 Å². The predicted octanol–water partition coefficient (Wildman–Crippen LogP) is 2.41. The largest absolute Gasteiger partial charge is 0.356 e. The summed E-state index contributed by atoms with van der Waals surface area (Å²) in [5, 5.41) is 3.49. The number of benzene rings is 1. The van der Waals surface area contributed by atoms with Gasteiger partial charge in [-0.05, 0) is 24.1 Å². The van der Waals surface area contributed by atoms with Crippen LogP contribution in [0, 0.1) is 0 Å². The quantitative estimate of drug-likeness (QED) is 0.814. The van der Waals surface area contributed by atoms with Crippen molar-refractivity contribution in [3.63, 3.8) is 0 Å². The van der Waals surface area contributed by atoms with E-state index in [0.717, 1.165) is 18.5 Å². The molecule has 0 fully saturated rings. The molecule has 0 spiro atoms. The molecule has 1 amide bonds. The first-order valence-corrected chi connectivity index (χ1v) is 5.11. The topological polar surface area (TPSA) is 29.1 Å². The molecule has 76 valence electrons. The maximum atomic E-state index is 11.3. The normalized spacial score (nSPS) is 9.86. The number of carbonyl (C=O) groups is 1. The molecule has 2 nitrogen and oxygen atoms in total. The van der Waals surface area contributed by atoms with Crippen LogP contribution in [0.1, 0.15) is 18.9 Å². The van der Waals surface area contributed by atoms with E-state index in [9.17, 15) is 4.79 Å². The lowest BCUT2D eigenvalue weighted by Crippen LogP contribution is -2.25.